The number of nitrogens with two attached hydrogens (primary N) is 1. The predicted molar refractivity (Wildman–Crippen MR) is 111 cm³/mol. The molecule has 156 valence electrons. The van der Waals surface area contributed by atoms with E-state index in [2.05, 4.69) is 22.9 Å². The van der Waals surface area contributed by atoms with Crippen LogP contribution in [-0.4, -0.2) is 5.91 Å². The smallest absolute Gasteiger partial charge is 0.250 e. The SMILES string of the molecule is Cc1ccc(Nc2c(C(N)=O)cc(Cc3cccc(NS)c3F)c(F)c2F)c(F)c1. The van der Waals surface area contributed by atoms with Crippen molar-refractivity contribution in [2.45, 2.75) is 13.3 Å². The fraction of sp³-hybridized carbons (Fsp3) is 0.0952. The first-order valence-corrected chi connectivity index (χ1v) is 9.19. The summed E-state index contributed by atoms with van der Waals surface area (Å²) in [4.78, 5) is 11.9. The molecular weight excluding hydrogens is 418 g/mol. The number of benzene rings is 3. The van der Waals surface area contributed by atoms with E-state index >= 15 is 0 Å². The third-order valence-corrected chi connectivity index (χ3v) is 4.75. The van der Waals surface area contributed by atoms with E-state index in [9.17, 15) is 22.4 Å². The molecule has 0 aliphatic rings. The molecule has 0 spiro atoms. The van der Waals surface area contributed by atoms with Gasteiger partial charge in [0.1, 0.15) is 5.82 Å². The molecule has 0 atom stereocenters. The third-order valence-electron chi connectivity index (χ3n) is 4.51. The number of carbonyl (C=O) groups excluding carboxylic acids is 1. The van der Waals surface area contributed by atoms with Crippen LogP contribution in [0.3, 0.4) is 0 Å². The molecule has 0 aliphatic carbocycles. The van der Waals surface area contributed by atoms with E-state index in [-0.39, 0.29) is 28.9 Å². The van der Waals surface area contributed by atoms with Gasteiger partial charge >= 0.3 is 0 Å². The molecule has 0 fully saturated rings. The largest absolute Gasteiger partial charge is 0.366 e. The van der Waals surface area contributed by atoms with Crippen molar-refractivity contribution in [2.24, 2.45) is 5.73 Å². The maximum absolute atomic E-state index is 14.8. The molecule has 3 rings (SSSR count). The Labute approximate surface area is 175 Å². The molecule has 0 bridgehead atoms. The van der Waals surface area contributed by atoms with Crippen molar-refractivity contribution in [3.63, 3.8) is 0 Å². The summed E-state index contributed by atoms with van der Waals surface area (Å²) in [6.45, 7) is 1.66. The third kappa shape index (κ3) is 4.20. The summed E-state index contributed by atoms with van der Waals surface area (Å²) < 4.78 is 60.5. The van der Waals surface area contributed by atoms with Gasteiger partial charge in [0, 0.05) is 6.42 Å². The first kappa shape index (κ1) is 21.5. The maximum atomic E-state index is 14.8. The topological polar surface area (TPSA) is 67.1 Å². The van der Waals surface area contributed by atoms with Gasteiger partial charge in [-0.1, -0.05) is 31.0 Å². The lowest BCUT2D eigenvalue weighted by atomic mass is 9.99. The fourth-order valence-electron chi connectivity index (χ4n) is 2.99. The minimum Gasteiger partial charge on any atom is -0.366 e. The summed E-state index contributed by atoms with van der Waals surface area (Å²) in [6.07, 6.45) is -0.350. The van der Waals surface area contributed by atoms with Crippen molar-refractivity contribution in [2.75, 3.05) is 10.0 Å². The van der Waals surface area contributed by atoms with E-state index in [1.54, 1.807) is 13.0 Å². The highest BCUT2D eigenvalue weighted by Crippen LogP contribution is 2.32. The molecule has 0 radical (unpaired) electrons. The summed E-state index contributed by atoms with van der Waals surface area (Å²) >= 11 is 3.78. The van der Waals surface area contributed by atoms with Crippen molar-refractivity contribution in [3.05, 3.63) is 88.0 Å². The molecule has 4 nitrogen and oxygen atoms in total. The van der Waals surface area contributed by atoms with Crippen LogP contribution in [0, 0.1) is 30.2 Å². The first-order chi connectivity index (χ1) is 14.2. The van der Waals surface area contributed by atoms with Crippen molar-refractivity contribution < 1.29 is 22.4 Å². The summed E-state index contributed by atoms with van der Waals surface area (Å²) in [6, 6.07) is 9.42. The zero-order chi connectivity index (χ0) is 22.0. The molecule has 9 heteroatoms. The van der Waals surface area contributed by atoms with Gasteiger partial charge in [-0.05, 0) is 47.9 Å². The molecule has 30 heavy (non-hydrogen) atoms. The van der Waals surface area contributed by atoms with Gasteiger partial charge in [-0.3, -0.25) is 4.79 Å². The Morgan fingerprint density at radius 1 is 0.967 bits per heavy atom. The van der Waals surface area contributed by atoms with Crippen LogP contribution in [0.15, 0.2) is 42.5 Å². The van der Waals surface area contributed by atoms with Gasteiger partial charge in [0.2, 0.25) is 0 Å². The summed E-state index contributed by atoms with van der Waals surface area (Å²) in [5.74, 6) is -5.20. The lowest BCUT2D eigenvalue weighted by molar-refractivity contribution is 0.100. The average molecular weight is 435 g/mol. The highest BCUT2D eigenvalue weighted by atomic mass is 32.1. The Hall–Kier alpha value is -3.20. The predicted octanol–water partition coefficient (Wildman–Crippen LogP) is 5.24. The van der Waals surface area contributed by atoms with Gasteiger partial charge in [-0.25, -0.2) is 17.6 Å². The lowest BCUT2D eigenvalue weighted by Gasteiger charge is -2.16. The molecule has 0 aromatic heterocycles. The molecule has 0 aliphatic heterocycles. The quantitative estimate of drug-likeness (QED) is 0.316. The maximum Gasteiger partial charge on any atom is 0.250 e. The second kappa shape index (κ2) is 8.66. The summed E-state index contributed by atoms with van der Waals surface area (Å²) in [7, 11) is 0. The number of hydrogen-bond donors (Lipinski definition) is 4. The number of rotatable bonds is 6. The highest BCUT2D eigenvalue weighted by molar-refractivity contribution is 7.81. The van der Waals surface area contributed by atoms with Crippen LogP contribution < -0.4 is 15.8 Å². The Balaban J connectivity index is 2.07. The van der Waals surface area contributed by atoms with Crippen LogP contribution in [0.2, 0.25) is 0 Å². The highest BCUT2D eigenvalue weighted by Gasteiger charge is 2.23. The lowest BCUT2D eigenvalue weighted by Crippen LogP contribution is -2.17. The van der Waals surface area contributed by atoms with Crippen LogP contribution in [0.4, 0.5) is 34.6 Å². The molecule has 0 saturated carbocycles. The van der Waals surface area contributed by atoms with E-state index < -0.39 is 40.4 Å². The van der Waals surface area contributed by atoms with Crippen LogP contribution in [0.5, 0.6) is 0 Å². The van der Waals surface area contributed by atoms with Crippen molar-refractivity contribution in [1.29, 1.82) is 0 Å². The zero-order valence-electron chi connectivity index (χ0n) is 15.7. The van der Waals surface area contributed by atoms with E-state index in [0.29, 0.717) is 5.56 Å². The van der Waals surface area contributed by atoms with Gasteiger partial charge in [-0.15, -0.1) is 0 Å². The Morgan fingerprint density at radius 3 is 2.33 bits per heavy atom. The Morgan fingerprint density at radius 2 is 1.70 bits per heavy atom. The van der Waals surface area contributed by atoms with Gasteiger partial charge in [0.05, 0.1) is 22.6 Å². The second-order valence-electron chi connectivity index (χ2n) is 6.63. The Bertz CT molecular complexity index is 1140. The minimum absolute atomic E-state index is 0.0491. The molecule has 0 heterocycles. The van der Waals surface area contributed by atoms with Gasteiger partial charge < -0.3 is 15.8 Å². The molecule has 3 aromatic rings. The minimum atomic E-state index is -1.43. The number of nitrogens with one attached hydrogen (secondary N) is 2. The van der Waals surface area contributed by atoms with E-state index in [4.69, 9.17) is 5.73 Å². The second-order valence-corrected chi connectivity index (χ2v) is 6.85. The number of anilines is 3. The van der Waals surface area contributed by atoms with Crippen molar-refractivity contribution in [3.8, 4) is 0 Å². The van der Waals surface area contributed by atoms with E-state index in [0.717, 1.165) is 6.07 Å². The van der Waals surface area contributed by atoms with E-state index in [1.165, 1.54) is 30.3 Å². The molecule has 0 unspecified atom stereocenters. The number of thiol groups is 1. The average Bonchev–Trinajstić information content (AvgIpc) is 2.70. The monoisotopic (exact) mass is 435 g/mol. The number of carbonyl (C=O) groups is 1. The van der Waals surface area contributed by atoms with Crippen LogP contribution >= 0.6 is 12.8 Å². The molecular formula is C21H17F4N3OS. The number of hydrogen-bond acceptors (Lipinski definition) is 4. The number of aryl methyl sites for hydroxylation is 1. The first-order valence-electron chi connectivity index (χ1n) is 8.74. The van der Waals surface area contributed by atoms with Gasteiger partial charge in [0.15, 0.2) is 17.5 Å². The van der Waals surface area contributed by atoms with E-state index in [1.807, 2.05) is 0 Å². The molecule has 4 N–H and O–H groups in total. The van der Waals surface area contributed by atoms with Crippen molar-refractivity contribution >= 4 is 35.8 Å². The number of primary amides is 1. The van der Waals surface area contributed by atoms with Gasteiger partial charge in [-0.2, -0.15) is 0 Å². The van der Waals surface area contributed by atoms with Crippen LogP contribution in [0.1, 0.15) is 27.0 Å². The number of halogens is 4. The fourth-order valence-corrected chi connectivity index (χ4v) is 3.16. The zero-order valence-corrected chi connectivity index (χ0v) is 16.6. The summed E-state index contributed by atoms with van der Waals surface area (Å²) in [5.41, 5.74) is 4.62. The molecule has 1 amide bonds. The Kier molecular flexibility index (Phi) is 6.21. The summed E-state index contributed by atoms with van der Waals surface area (Å²) in [5, 5.41) is 2.39. The normalized spacial score (nSPS) is 10.7. The van der Waals surface area contributed by atoms with Crippen LogP contribution in [-0.2, 0) is 6.42 Å². The van der Waals surface area contributed by atoms with Gasteiger partial charge in [0.25, 0.3) is 5.91 Å². The molecule has 3 aromatic carbocycles. The standard InChI is InChI=1S/C21H17F4N3OS/c1-10-5-6-15(14(22)7-10)27-20-13(21(26)29)9-12(18(24)19(20)25)8-11-3-2-4-16(28-30)17(11)23/h2-7,9,27-28,30H,8H2,1H3,(H2,26,29). The van der Waals surface area contributed by atoms with Crippen molar-refractivity contribution in [1.82, 2.24) is 0 Å². The van der Waals surface area contributed by atoms with Crippen LogP contribution in [0.25, 0.3) is 0 Å². The molecule has 0 saturated heterocycles. The number of amides is 1.